The van der Waals surface area contributed by atoms with E-state index >= 15 is 0 Å². The molecule has 0 saturated carbocycles. The summed E-state index contributed by atoms with van der Waals surface area (Å²) < 4.78 is 7.97. The Morgan fingerprint density at radius 2 is 1.84 bits per heavy atom. The Morgan fingerprint density at radius 1 is 1.12 bits per heavy atom. The Kier molecular flexibility index (Phi) is 6.95. The fourth-order valence-electron chi connectivity index (χ4n) is 3.98. The molecule has 0 aliphatic carbocycles. The van der Waals surface area contributed by atoms with Gasteiger partial charge >= 0.3 is 0 Å². The molecular weight excluding hydrogens is 492 g/mol. The van der Waals surface area contributed by atoms with Crippen molar-refractivity contribution >= 4 is 50.6 Å². The number of nitrogens with zero attached hydrogens (tertiary/aromatic N) is 3. The lowest BCUT2D eigenvalue weighted by atomic mass is 10.2. The summed E-state index contributed by atoms with van der Waals surface area (Å²) in [5, 5.41) is 0.578. The number of piperazine rings is 1. The summed E-state index contributed by atoms with van der Waals surface area (Å²) in [5.74, 6) is 0.950. The lowest BCUT2D eigenvalue weighted by Crippen LogP contribution is -2.48. The van der Waals surface area contributed by atoms with Crippen LogP contribution in [0, 0.1) is 4.77 Å². The highest BCUT2D eigenvalue weighted by molar-refractivity contribution is 9.10. The van der Waals surface area contributed by atoms with Crippen LogP contribution in [-0.4, -0.2) is 53.6 Å². The van der Waals surface area contributed by atoms with Gasteiger partial charge in [-0.2, -0.15) is 0 Å². The van der Waals surface area contributed by atoms with Crippen molar-refractivity contribution in [2.75, 3.05) is 38.2 Å². The molecule has 9 heteroatoms. The highest BCUT2D eigenvalue weighted by Crippen LogP contribution is 2.21. The fourth-order valence-corrected chi connectivity index (χ4v) is 4.62. The Morgan fingerprint density at radius 3 is 2.53 bits per heavy atom. The van der Waals surface area contributed by atoms with Crippen LogP contribution in [0.25, 0.3) is 10.9 Å². The summed E-state index contributed by atoms with van der Waals surface area (Å²) >= 11 is 8.77. The zero-order valence-corrected chi connectivity index (χ0v) is 20.2. The van der Waals surface area contributed by atoms with Gasteiger partial charge in [0, 0.05) is 49.3 Å². The minimum Gasteiger partial charge on any atom is -0.497 e. The van der Waals surface area contributed by atoms with E-state index in [4.69, 9.17) is 17.0 Å². The van der Waals surface area contributed by atoms with Gasteiger partial charge in [-0.1, -0.05) is 15.9 Å². The van der Waals surface area contributed by atoms with Crippen LogP contribution in [0.5, 0.6) is 5.75 Å². The van der Waals surface area contributed by atoms with Crippen LogP contribution in [0.1, 0.15) is 12.8 Å². The molecular formula is C23H25BrN4O3S. The third-order valence-corrected chi connectivity index (χ3v) is 6.60. The number of benzene rings is 2. The second-order valence-electron chi connectivity index (χ2n) is 7.75. The molecule has 0 bridgehead atoms. The average molecular weight is 517 g/mol. The molecule has 2 heterocycles. The molecule has 1 aliphatic rings. The molecule has 3 aromatic rings. The lowest BCUT2D eigenvalue weighted by Gasteiger charge is -2.36. The fraction of sp³-hybridized carbons (Fsp3) is 0.348. The molecule has 1 aliphatic heterocycles. The molecule has 0 spiro atoms. The van der Waals surface area contributed by atoms with Crippen LogP contribution < -0.4 is 15.2 Å². The molecule has 168 valence electrons. The number of rotatable bonds is 6. The number of ether oxygens (including phenoxy) is 1. The molecule has 1 saturated heterocycles. The van der Waals surface area contributed by atoms with Crippen LogP contribution >= 0.6 is 28.1 Å². The molecule has 0 atom stereocenters. The number of fused-ring (bicyclic) bond motifs is 1. The maximum Gasteiger partial charge on any atom is 0.262 e. The molecule has 1 amide bonds. The summed E-state index contributed by atoms with van der Waals surface area (Å²) in [4.78, 5) is 32.8. The summed E-state index contributed by atoms with van der Waals surface area (Å²) in [6.45, 7) is 3.38. The van der Waals surface area contributed by atoms with Crippen LogP contribution in [-0.2, 0) is 11.3 Å². The van der Waals surface area contributed by atoms with E-state index in [1.165, 1.54) is 0 Å². The summed E-state index contributed by atoms with van der Waals surface area (Å²) in [5.41, 5.74) is 1.71. The number of H-pyrrole nitrogens is 1. The zero-order valence-electron chi connectivity index (χ0n) is 17.8. The SMILES string of the molecule is COc1ccc(N2CCN(C(=O)CCCn3c(=S)[nH]c4ccc(Br)cc4c3=O)CC2)cc1. The van der Waals surface area contributed by atoms with Gasteiger partial charge in [0.1, 0.15) is 5.75 Å². The van der Waals surface area contributed by atoms with Gasteiger partial charge in [-0.05, 0) is 61.1 Å². The number of aromatic amines is 1. The Labute approximate surface area is 199 Å². The molecule has 0 unspecified atom stereocenters. The number of carbonyl (C=O) groups excluding carboxylic acids is 1. The average Bonchev–Trinajstić information content (AvgIpc) is 2.82. The zero-order chi connectivity index (χ0) is 22.7. The van der Waals surface area contributed by atoms with Crippen LogP contribution in [0.2, 0.25) is 0 Å². The number of carbonyl (C=O) groups is 1. The summed E-state index contributed by atoms with van der Waals surface area (Å²) in [7, 11) is 1.66. The quantitative estimate of drug-likeness (QED) is 0.502. The van der Waals surface area contributed by atoms with Gasteiger partial charge in [0.15, 0.2) is 4.77 Å². The molecule has 4 rings (SSSR count). The summed E-state index contributed by atoms with van der Waals surface area (Å²) in [6, 6.07) is 13.5. The van der Waals surface area contributed by atoms with Crippen LogP contribution in [0.4, 0.5) is 5.69 Å². The monoisotopic (exact) mass is 516 g/mol. The topological polar surface area (TPSA) is 70.6 Å². The maximum absolute atomic E-state index is 12.8. The van der Waals surface area contributed by atoms with E-state index in [1.54, 1.807) is 17.7 Å². The second kappa shape index (κ2) is 9.87. The predicted octanol–water partition coefficient (Wildman–Crippen LogP) is 3.96. The number of hydrogen-bond acceptors (Lipinski definition) is 5. The second-order valence-corrected chi connectivity index (χ2v) is 9.05. The van der Waals surface area contributed by atoms with Gasteiger partial charge in [-0.3, -0.25) is 14.2 Å². The van der Waals surface area contributed by atoms with E-state index in [2.05, 4.69) is 25.8 Å². The van der Waals surface area contributed by atoms with E-state index in [0.717, 1.165) is 29.0 Å². The smallest absolute Gasteiger partial charge is 0.262 e. The molecule has 32 heavy (non-hydrogen) atoms. The molecule has 2 aromatic carbocycles. The standard InChI is InChI=1S/C23H25BrN4O3S/c1-31-18-7-5-17(6-8-18)26-11-13-27(14-12-26)21(29)3-2-10-28-22(30)19-15-16(24)4-9-20(19)25-23(28)32/h4-9,15H,2-3,10-14H2,1H3,(H,25,32). The minimum absolute atomic E-state index is 0.117. The first kappa shape index (κ1) is 22.5. The number of nitrogens with one attached hydrogen (secondary N) is 1. The lowest BCUT2D eigenvalue weighted by molar-refractivity contribution is -0.131. The van der Waals surface area contributed by atoms with Gasteiger partial charge in [0.05, 0.1) is 18.0 Å². The van der Waals surface area contributed by atoms with Crippen molar-refractivity contribution < 1.29 is 9.53 Å². The number of hydrogen-bond donors (Lipinski definition) is 1. The van der Waals surface area contributed by atoms with Crippen molar-refractivity contribution in [2.24, 2.45) is 0 Å². The van der Waals surface area contributed by atoms with Crippen molar-refractivity contribution in [3.05, 3.63) is 62.1 Å². The molecule has 1 fully saturated rings. The Balaban J connectivity index is 1.32. The van der Waals surface area contributed by atoms with Crippen molar-refractivity contribution in [2.45, 2.75) is 19.4 Å². The third-order valence-electron chi connectivity index (χ3n) is 5.79. The summed E-state index contributed by atoms with van der Waals surface area (Å²) in [6.07, 6.45) is 0.953. The number of methoxy groups -OCH3 is 1. The van der Waals surface area contributed by atoms with Gasteiger partial charge in [0.2, 0.25) is 5.91 Å². The van der Waals surface area contributed by atoms with Crippen molar-refractivity contribution in [3.63, 3.8) is 0 Å². The Bertz CT molecular complexity index is 1230. The van der Waals surface area contributed by atoms with Gasteiger partial charge in [0.25, 0.3) is 5.56 Å². The van der Waals surface area contributed by atoms with Gasteiger partial charge in [-0.25, -0.2) is 0 Å². The van der Waals surface area contributed by atoms with Crippen LogP contribution in [0.15, 0.2) is 51.7 Å². The largest absolute Gasteiger partial charge is 0.497 e. The molecule has 0 radical (unpaired) electrons. The number of anilines is 1. The van der Waals surface area contributed by atoms with Crippen molar-refractivity contribution in [1.82, 2.24) is 14.5 Å². The maximum atomic E-state index is 12.8. The normalized spacial score (nSPS) is 14.1. The van der Waals surface area contributed by atoms with E-state index in [-0.39, 0.29) is 11.5 Å². The van der Waals surface area contributed by atoms with E-state index in [9.17, 15) is 9.59 Å². The molecule has 1 N–H and O–H groups in total. The van der Waals surface area contributed by atoms with E-state index < -0.39 is 0 Å². The highest BCUT2D eigenvalue weighted by Gasteiger charge is 2.21. The van der Waals surface area contributed by atoms with Crippen molar-refractivity contribution in [3.8, 4) is 5.75 Å². The molecule has 1 aromatic heterocycles. The number of halogens is 1. The van der Waals surface area contributed by atoms with Gasteiger partial charge in [-0.15, -0.1) is 0 Å². The number of aromatic nitrogens is 2. The first-order valence-corrected chi connectivity index (χ1v) is 11.8. The highest BCUT2D eigenvalue weighted by atomic mass is 79.9. The predicted molar refractivity (Wildman–Crippen MR) is 132 cm³/mol. The first-order chi connectivity index (χ1) is 15.5. The van der Waals surface area contributed by atoms with Crippen molar-refractivity contribution in [1.29, 1.82) is 0 Å². The van der Waals surface area contributed by atoms with Crippen LogP contribution in [0.3, 0.4) is 0 Å². The third kappa shape index (κ3) is 4.88. The number of amides is 1. The molecule has 7 nitrogen and oxygen atoms in total. The van der Waals surface area contributed by atoms with E-state index in [0.29, 0.717) is 48.1 Å². The Hall–Kier alpha value is -2.65. The first-order valence-electron chi connectivity index (χ1n) is 10.6. The van der Waals surface area contributed by atoms with E-state index in [1.807, 2.05) is 41.3 Å². The van der Waals surface area contributed by atoms with Gasteiger partial charge < -0.3 is 19.5 Å². The minimum atomic E-state index is -0.134.